The molecule has 0 bridgehead atoms. The molecule has 0 aliphatic carbocycles. The van der Waals surface area contributed by atoms with Crippen LogP contribution in [0.25, 0.3) is 17.1 Å². The Hall–Kier alpha value is -5.24. The number of thioether (sulfide) groups is 1. The highest BCUT2D eigenvalue weighted by molar-refractivity contribution is 7.99. The number of amides is 1. The minimum Gasteiger partial charge on any atom is -0.493 e. The number of aromatic carboxylic acids is 1. The van der Waals surface area contributed by atoms with Gasteiger partial charge in [-0.05, 0) is 48.2 Å². The third kappa shape index (κ3) is 6.64. The molecule has 3 N–H and O–H groups in total. The van der Waals surface area contributed by atoms with Crippen LogP contribution >= 0.6 is 11.8 Å². The van der Waals surface area contributed by atoms with Crippen molar-refractivity contribution in [3.05, 3.63) is 65.7 Å². The second-order valence-corrected chi connectivity index (χ2v) is 9.53. The zero-order chi connectivity index (χ0) is 30.9. The fourth-order valence-corrected chi connectivity index (χ4v) is 4.99. The number of carboxylic acid groups (broad SMARTS) is 1. The topological polar surface area (TPSA) is 157 Å². The molecule has 13 nitrogen and oxygen atoms in total. The number of nitrogens with zero attached hydrogens (tertiary/aromatic N) is 3. The molecule has 224 valence electrons. The number of hydrazone groups is 1. The van der Waals surface area contributed by atoms with Crippen molar-refractivity contribution >= 4 is 29.9 Å². The maximum Gasteiger partial charge on any atom is 0.342 e. The number of rotatable bonds is 13. The van der Waals surface area contributed by atoms with Crippen molar-refractivity contribution in [3.63, 3.8) is 0 Å². The zero-order valence-corrected chi connectivity index (χ0v) is 24.9. The van der Waals surface area contributed by atoms with Gasteiger partial charge in [0, 0.05) is 5.56 Å². The van der Waals surface area contributed by atoms with Crippen LogP contribution in [0.1, 0.15) is 15.9 Å². The first-order valence-corrected chi connectivity index (χ1v) is 13.6. The van der Waals surface area contributed by atoms with Gasteiger partial charge < -0.3 is 28.8 Å². The summed E-state index contributed by atoms with van der Waals surface area (Å²) in [6.45, 7) is 0. The summed E-state index contributed by atoms with van der Waals surface area (Å²) in [5.41, 5.74) is 4.01. The third-order valence-electron chi connectivity index (χ3n) is 6.14. The molecule has 0 unspecified atom stereocenters. The summed E-state index contributed by atoms with van der Waals surface area (Å²) in [5, 5.41) is 21.7. The Balaban J connectivity index is 1.58. The van der Waals surface area contributed by atoms with Gasteiger partial charge in [-0.15, -0.1) is 5.10 Å². The van der Waals surface area contributed by atoms with Crippen molar-refractivity contribution in [1.29, 1.82) is 0 Å². The summed E-state index contributed by atoms with van der Waals surface area (Å²) in [4.78, 5) is 24.6. The highest BCUT2D eigenvalue weighted by Crippen LogP contribution is 2.40. The monoisotopic (exact) mass is 608 g/mol. The van der Waals surface area contributed by atoms with Gasteiger partial charge in [0.15, 0.2) is 23.0 Å². The normalized spacial score (nSPS) is 10.8. The molecule has 1 amide bonds. The molecule has 0 aliphatic heterocycles. The Morgan fingerprint density at radius 1 is 0.930 bits per heavy atom. The Bertz CT molecular complexity index is 1620. The number of hydrogen-bond acceptors (Lipinski definition) is 10. The smallest absolute Gasteiger partial charge is 0.342 e. The minimum atomic E-state index is -1.23. The maximum absolute atomic E-state index is 12.7. The average molecular weight is 609 g/mol. The predicted molar refractivity (Wildman–Crippen MR) is 158 cm³/mol. The molecular formula is C29H30N5O8S+. The second kappa shape index (κ2) is 14.1. The molecule has 4 aromatic rings. The van der Waals surface area contributed by atoms with E-state index in [1.165, 1.54) is 59.6 Å². The number of hydrogen-bond donors (Lipinski definition) is 3. The number of ether oxygens (including phenoxy) is 5. The molecular weight excluding hydrogens is 578 g/mol. The molecule has 0 saturated carbocycles. The Morgan fingerprint density at radius 3 is 2.16 bits per heavy atom. The van der Waals surface area contributed by atoms with Crippen LogP contribution in [0.15, 0.2) is 64.9 Å². The lowest BCUT2D eigenvalue weighted by Crippen LogP contribution is -2.34. The molecule has 0 saturated heterocycles. The Morgan fingerprint density at radius 2 is 1.58 bits per heavy atom. The number of aromatic nitrogens is 3. The van der Waals surface area contributed by atoms with Crippen LogP contribution in [-0.2, 0) is 4.79 Å². The Kier molecular flexibility index (Phi) is 10.1. The van der Waals surface area contributed by atoms with E-state index in [4.69, 9.17) is 23.7 Å². The van der Waals surface area contributed by atoms with Gasteiger partial charge in [-0.2, -0.15) is 9.67 Å². The number of carboxylic acids is 1. The van der Waals surface area contributed by atoms with Crippen LogP contribution in [0.3, 0.4) is 0 Å². The van der Waals surface area contributed by atoms with Gasteiger partial charge >= 0.3 is 11.1 Å². The summed E-state index contributed by atoms with van der Waals surface area (Å²) in [5.74, 6) is 0.608. The molecule has 3 aromatic carbocycles. The van der Waals surface area contributed by atoms with Gasteiger partial charge in [0.1, 0.15) is 11.3 Å². The largest absolute Gasteiger partial charge is 0.493 e. The van der Waals surface area contributed by atoms with Gasteiger partial charge in [0.2, 0.25) is 5.75 Å². The van der Waals surface area contributed by atoms with Crippen LogP contribution in [0, 0.1) is 0 Å². The second-order valence-electron chi connectivity index (χ2n) is 8.59. The van der Waals surface area contributed by atoms with Crippen molar-refractivity contribution < 1.29 is 42.9 Å². The van der Waals surface area contributed by atoms with Crippen molar-refractivity contribution in [2.45, 2.75) is 5.16 Å². The highest BCUT2D eigenvalue weighted by atomic mass is 32.2. The number of aromatic amines is 1. The van der Waals surface area contributed by atoms with E-state index >= 15 is 0 Å². The molecule has 43 heavy (non-hydrogen) atoms. The molecule has 0 aliphatic rings. The summed E-state index contributed by atoms with van der Waals surface area (Å²) < 4.78 is 28.7. The molecule has 1 heterocycles. The Labute approximate surface area is 251 Å². The number of benzene rings is 3. The number of carbonyl (C=O) groups excluding carboxylic acids is 1. The molecule has 4 rings (SSSR count). The van der Waals surface area contributed by atoms with Crippen LogP contribution in [0.5, 0.6) is 28.7 Å². The number of nitrogens with one attached hydrogen (secondary N) is 2. The lowest BCUT2D eigenvalue weighted by molar-refractivity contribution is -0.625. The van der Waals surface area contributed by atoms with Gasteiger partial charge in [0.05, 0.1) is 58.2 Å². The lowest BCUT2D eigenvalue weighted by Gasteiger charge is -2.13. The first kappa shape index (κ1) is 30.7. The van der Waals surface area contributed by atoms with E-state index in [2.05, 4.69) is 20.7 Å². The number of carbonyl (C=O) groups is 2. The summed E-state index contributed by atoms with van der Waals surface area (Å²) in [6, 6.07) is 16.2. The summed E-state index contributed by atoms with van der Waals surface area (Å²) in [6.07, 6.45) is 1.23. The number of H-pyrrole nitrogens is 1. The van der Waals surface area contributed by atoms with Gasteiger partial charge in [-0.1, -0.05) is 18.2 Å². The third-order valence-corrected chi connectivity index (χ3v) is 7.08. The van der Waals surface area contributed by atoms with Gasteiger partial charge in [0.25, 0.3) is 11.7 Å². The van der Waals surface area contributed by atoms with E-state index in [0.29, 0.717) is 33.8 Å². The van der Waals surface area contributed by atoms with Gasteiger partial charge in [-0.25, -0.2) is 10.2 Å². The van der Waals surface area contributed by atoms with E-state index in [1.807, 2.05) is 34.9 Å². The molecule has 0 fully saturated rings. The molecule has 0 spiro atoms. The number of methoxy groups -OCH3 is 5. The highest BCUT2D eigenvalue weighted by Gasteiger charge is 2.27. The van der Waals surface area contributed by atoms with E-state index in [-0.39, 0.29) is 28.4 Å². The van der Waals surface area contributed by atoms with Crippen LogP contribution in [0.2, 0.25) is 0 Å². The van der Waals surface area contributed by atoms with E-state index in [1.54, 1.807) is 18.2 Å². The van der Waals surface area contributed by atoms with Crippen molar-refractivity contribution in [2.75, 3.05) is 41.3 Å². The van der Waals surface area contributed by atoms with Crippen LogP contribution in [-0.4, -0.2) is 74.7 Å². The quantitative estimate of drug-likeness (QED) is 0.0890. The molecule has 0 atom stereocenters. The van der Waals surface area contributed by atoms with Crippen LogP contribution < -0.4 is 33.7 Å². The minimum absolute atomic E-state index is 0.0402. The van der Waals surface area contributed by atoms with Crippen molar-refractivity contribution in [1.82, 2.24) is 15.6 Å². The van der Waals surface area contributed by atoms with E-state index in [9.17, 15) is 14.7 Å². The predicted octanol–water partition coefficient (Wildman–Crippen LogP) is 3.34. The van der Waals surface area contributed by atoms with Crippen molar-refractivity contribution in [3.8, 4) is 45.8 Å². The van der Waals surface area contributed by atoms with E-state index in [0.717, 1.165) is 5.69 Å². The SMILES string of the molecule is COc1cc(-c2[nH]nc(SCC(=O)NN=Cc3ccc(OC)c(OC)c3C(=O)O)[n+]2-c2ccccc2)cc(OC)c1OC. The molecule has 0 radical (unpaired) electrons. The fourth-order valence-electron chi connectivity index (χ4n) is 4.23. The maximum atomic E-state index is 12.7. The molecule has 14 heteroatoms. The molecule has 1 aromatic heterocycles. The van der Waals surface area contributed by atoms with Crippen LogP contribution in [0.4, 0.5) is 0 Å². The van der Waals surface area contributed by atoms with E-state index < -0.39 is 11.9 Å². The first-order valence-electron chi connectivity index (χ1n) is 12.7. The summed E-state index contributed by atoms with van der Waals surface area (Å²) in [7, 11) is 7.35. The zero-order valence-electron chi connectivity index (χ0n) is 24.0. The summed E-state index contributed by atoms with van der Waals surface area (Å²) >= 11 is 1.18. The fraction of sp³-hybridized carbons (Fsp3) is 0.207. The first-order chi connectivity index (χ1) is 20.9. The number of para-hydroxylation sites is 1. The standard InChI is InChI=1S/C29H29N5O8S/c1-38-20-12-11-17(24(28(36)37)26(20)42-5)15-30-31-23(35)16-43-29-33-32-27(34(29)19-9-7-6-8-10-19)18-13-21(39-2)25(41-4)22(14-18)40-3/h6-15H,16H2,1-5H3,(H2,31,35,36,37)/p+1. The lowest BCUT2D eigenvalue weighted by atomic mass is 10.1. The van der Waals surface area contributed by atoms with Crippen molar-refractivity contribution in [2.24, 2.45) is 5.10 Å². The van der Waals surface area contributed by atoms with Gasteiger partial charge in [-0.3, -0.25) is 4.79 Å². The average Bonchev–Trinajstić information content (AvgIpc) is 3.46.